The maximum Gasteiger partial charge on any atom is 0.305 e. The van der Waals surface area contributed by atoms with Crippen molar-refractivity contribution in [2.75, 3.05) is 24.2 Å². The highest BCUT2D eigenvalue weighted by Gasteiger charge is 2.10. The van der Waals surface area contributed by atoms with Crippen LogP contribution < -0.4 is 11.1 Å². The van der Waals surface area contributed by atoms with Crippen LogP contribution in [0, 0.1) is 5.82 Å². The highest BCUT2D eigenvalue weighted by Crippen LogP contribution is 2.28. The highest BCUT2D eigenvalue weighted by atomic mass is 35.5. The number of halogens is 2. The van der Waals surface area contributed by atoms with E-state index in [1.165, 1.54) is 12.1 Å². The summed E-state index contributed by atoms with van der Waals surface area (Å²) >= 11 is 5.65. The average molecular weight is 275 g/mol. The summed E-state index contributed by atoms with van der Waals surface area (Å²) in [6.45, 7) is 2.53. The van der Waals surface area contributed by atoms with Gasteiger partial charge in [0.25, 0.3) is 0 Å². The van der Waals surface area contributed by atoms with E-state index in [9.17, 15) is 9.18 Å². The Morgan fingerprint density at radius 1 is 1.56 bits per heavy atom. The molecule has 1 aromatic carbocycles. The molecule has 1 aromatic rings. The van der Waals surface area contributed by atoms with Crippen LogP contribution in [0.15, 0.2) is 12.1 Å². The van der Waals surface area contributed by atoms with E-state index < -0.39 is 5.82 Å². The molecule has 0 unspecified atom stereocenters. The summed E-state index contributed by atoms with van der Waals surface area (Å²) in [6.07, 6.45) is 0.813. The number of carbonyl (C=O) groups is 1. The van der Waals surface area contributed by atoms with Gasteiger partial charge in [-0.25, -0.2) is 4.39 Å². The van der Waals surface area contributed by atoms with Gasteiger partial charge >= 0.3 is 5.97 Å². The molecule has 0 bridgehead atoms. The summed E-state index contributed by atoms with van der Waals surface area (Å²) in [4.78, 5) is 11.1. The number of carbonyl (C=O) groups excluding carboxylic acids is 1. The first-order chi connectivity index (χ1) is 8.56. The van der Waals surface area contributed by atoms with Gasteiger partial charge in [-0.2, -0.15) is 0 Å². The third kappa shape index (κ3) is 4.07. The number of ether oxygens (including phenoxy) is 1. The lowest BCUT2D eigenvalue weighted by molar-refractivity contribution is -0.143. The summed E-state index contributed by atoms with van der Waals surface area (Å²) < 4.78 is 18.4. The molecule has 100 valence electrons. The summed E-state index contributed by atoms with van der Waals surface area (Å²) in [6, 6.07) is 2.93. The monoisotopic (exact) mass is 274 g/mol. The Kier molecular flexibility index (Phi) is 5.71. The van der Waals surface area contributed by atoms with Crippen molar-refractivity contribution < 1.29 is 13.9 Å². The summed E-state index contributed by atoms with van der Waals surface area (Å²) in [5.41, 5.74) is 6.09. The Labute approximate surface area is 110 Å². The number of nitrogens with one attached hydrogen (secondary N) is 1. The van der Waals surface area contributed by atoms with Crippen molar-refractivity contribution in [1.29, 1.82) is 0 Å². The average Bonchev–Trinajstić information content (AvgIpc) is 2.33. The predicted octanol–water partition coefficient (Wildman–Crippen LogP) is 2.82. The van der Waals surface area contributed by atoms with Gasteiger partial charge in [0.2, 0.25) is 0 Å². The van der Waals surface area contributed by atoms with Gasteiger partial charge in [-0.15, -0.1) is 0 Å². The second-order valence-corrected chi connectivity index (χ2v) is 4.07. The number of benzene rings is 1. The van der Waals surface area contributed by atoms with Crippen LogP contribution in [0.1, 0.15) is 19.8 Å². The minimum Gasteiger partial charge on any atom is -0.466 e. The molecule has 3 N–H and O–H groups in total. The van der Waals surface area contributed by atoms with E-state index in [0.29, 0.717) is 19.6 Å². The van der Waals surface area contributed by atoms with E-state index in [1.807, 2.05) is 0 Å². The number of hydrogen-bond acceptors (Lipinski definition) is 4. The minimum absolute atomic E-state index is 0.0112. The maximum absolute atomic E-state index is 13.6. The van der Waals surface area contributed by atoms with E-state index in [1.54, 1.807) is 6.92 Å². The molecular formula is C12H16ClFN2O2. The maximum atomic E-state index is 13.6. The van der Waals surface area contributed by atoms with Gasteiger partial charge in [-0.3, -0.25) is 4.79 Å². The first-order valence-corrected chi connectivity index (χ1v) is 6.07. The summed E-state index contributed by atoms with van der Waals surface area (Å²) in [5.74, 6) is -0.841. The van der Waals surface area contributed by atoms with Crippen molar-refractivity contribution in [3.8, 4) is 0 Å². The Hall–Kier alpha value is -1.49. The van der Waals surface area contributed by atoms with Gasteiger partial charge in [-0.05, 0) is 25.5 Å². The number of hydrogen-bond donors (Lipinski definition) is 2. The highest BCUT2D eigenvalue weighted by molar-refractivity contribution is 6.31. The normalized spacial score (nSPS) is 10.2. The zero-order valence-electron chi connectivity index (χ0n) is 10.1. The second-order valence-electron chi connectivity index (χ2n) is 3.66. The van der Waals surface area contributed by atoms with Gasteiger partial charge in [0.15, 0.2) is 5.82 Å². The van der Waals surface area contributed by atoms with Crippen LogP contribution in [-0.4, -0.2) is 19.1 Å². The fourth-order valence-corrected chi connectivity index (χ4v) is 1.58. The minimum atomic E-state index is -0.576. The van der Waals surface area contributed by atoms with Gasteiger partial charge in [0, 0.05) is 13.0 Å². The Balaban J connectivity index is 2.45. The van der Waals surface area contributed by atoms with Gasteiger partial charge in [0.05, 0.1) is 23.0 Å². The molecule has 0 fully saturated rings. The molecular weight excluding hydrogens is 259 g/mol. The lowest BCUT2D eigenvalue weighted by Crippen LogP contribution is -2.10. The molecule has 18 heavy (non-hydrogen) atoms. The summed E-state index contributed by atoms with van der Waals surface area (Å²) in [7, 11) is 0. The van der Waals surface area contributed by atoms with Gasteiger partial charge in [-0.1, -0.05) is 11.6 Å². The van der Waals surface area contributed by atoms with E-state index in [-0.39, 0.29) is 28.8 Å². The molecule has 0 amide bonds. The van der Waals surface area contributed by atoms with Crippen molar-refractivity contribution >= 4 is 28.9 Å². The lowest BCUT2D eigenvalue weighted by Gasteiger charge is -2.11. The number of nitrogen functional groups attached to an aromatic ring is 1. The molecule has 0 radical (unpaired) electrons. The van der Waals surface area contributed by atoms with E-state index in [4.69, 9.17) is 22.1 Å². The molecule has 0 atom stereocenters. The van der Waals surface area contributed by atoms with Crippen LogP contribution in [0.3, 0.4) is 0 Å². The van der Waals surface area contributed by atoms with Crippen molar-refractivity contribution in [1.82, 2.24) is 0 Å². The molecule has 0 aliphatic rings. The lowest BCUT2D eigenvalue weighted by atomic mass is 10.2. The smallest absolute Gasteiger partial charge is 0.305 e. The zero-order chi connectivity index (χ0) is 13.5. The molecule has 0 saturated carbocycles. The van der Waals surface area contributed by atoms with Crippen LogP contribution in [-0.2, 0) is 9.53 Å². The van der Waals surface area contributed by atoms with E-state index in [2.05, 4.69) is 5.32 Å². The van der Waals surface area contributed by atoms with E-state index in [0.717, 1.165) is 0 Å². The Morgan fingerprint density at radius 3 is 2.94 bits per heavy atom. The van der Waals surface area contributed by atoms with Crippen LogP contribution in [0.4, 0.5) is 15.8 Å². The van der Waals surface area contributed by atoms with Gasteiger partial charge in [0.1, 0.15) is 0 Å². The van der Waals surface area contributed by atoms with E-state index >= 15 is 0 Å². The molecule has 6 heteroatoms. The standard InChI is InChI=1S/C12H16ClFN2O2/c1-2-18-10(17)4-3-7-16-12-9(15)6-5-8(13)11(12)14/h5-6,16H,2-4,7,15H2,1H3. The number of rotatable bonds is 6. The SMILES string of the molecule is CCOC(=O)CCCNc1c(N)ccc(Cl)c1F. The van der Waals surface area contributed by atoms with Crippen LogP contribution in [0.5, 0.6) is 0 Å². The molecule has 4 nitrogen and oxygen atoms in total. The largest absolute Gasteiger partial charge is 0.466 e. The topological polar surface area (TPSA) is 64.3 Å². The van der Waals surface area contributed by atoms with Gasteiger partial charge < -0.3 is 15.8 Å². The molecule has 0 aromatic heterocycles. The van der Waals surface area contributed by atoms with Crippen LogP contribution >= 0.6 is 11.6 Å². The third-order valence-electron chi connectivity index (χ3n) is 2.29. The van der Waals surface area contributed by atoms with Crippen LogP contribution in [0.25, 0.3) is 0 Å². The first kappa shape index (κ1) is 14.6. The van der Waals surface area contributed by atoms with Crippen molar-refractivity contribution in [3.63, 3.8) is 0 Å². The molecule has 0 aliphatic heterocycles. The summed E-state index contributed by atoms with van der Waals surface area (Å²) in [5, 5.41) is 2.84. The number of nitrogens with two attached hydrogens (primary N) is 1. The van der Waals surface area contributed by atoms with Crippen molar-refractivity contribution in [3.05, 3.63) is 23.0 Å². The molecule has 1 rings (SSSR count). The molecule has 0 aliphatic carbocycles. The van der Waals surface area contributed by atoms with Crippen molar-refractivity contribution in [2.24, 2.45) is 0 Å². The quantitative estimate of drug-likeness (QED) is 0.476. The number of anilines is 2. The molecule has 0 spiro atoms. The number of esters is 1. The first-order valence-electron chi connectivity index (χ1n) is 5.69. The Morgan fingerprint density at radius 2 is 2.28 bits per heavy atom. The van der Waals surface area contributed by atoms with Crippen LogP contribution in [0.2, 0.25) is 5.02 Å². The fourth-order valence-electron chi connectivity index (χ4n) is 1.42. The van der Waals surface area contributed by atoms with Crippen molar-refractivity contribution in [2.45, 2.75) is 19.8 Å². The zero-order valence-corrected chi connectivity index (χ0v) is 10.9. The molecule has 0 heterocycles. The Bertz CT molecular complexity index is 427. The molecule has 0 saturated heterocycles. The third-order valence-corrected chi connectivity index (χ3v) is 2.58. The second kappa shape index (κ2) is 7.06. The fraction of sp³-hybridized carbons (Fsp3) is 0.417. The predicted molar refractivity (Wildman–Crippen MR) is 70.2 cm³/mol.